The highest BCUT2D eigenvalue weighted by Crippen LogP contribution is 2.28. The Balaban J connectivity index is 0.00000192. The molecule has 1 amide bonds. The first-order valence-electron chi connectivity index (χ1n) is 7.96. The number of hydrogen-bond acceptors (Lipinski definition) is 2. The van der Waals surface area contributed by atoms with Gasteiger partial charge in [0.1, 0.15) is 0 Å². The minimum absolute atomic E-state index is 0. The van der Waals surface area contributed by atoms with Crippen molar-refractivity contribution in [1.82, 2.24) is 5.32 Å². The van der Waals surface area contributed by atoms with Crippen molar-refractivity contribution >= 4 is 24.0 Å². The van der Waals surface area contributed by atoms with Gasteiger partial charge in [0.15, 0.2) is 0 Å². The number of carbonyl (C=O) groups is 1. The lowest BCUT2D eigenvalue weighted by Crippen LogP contribution is -2.38. The maximum absolute atomic E-state index is 13.1. The Labute approximate surface area is 144 Å². The van der Waals surface area contributed by atoms with Gasteiger partial charge < -0.3 is 10.2 Å². The van der Waals surface area contributed by atoms with Gasteiger partial charge in [-0.25, -0.2) is 0 Å². The second-order valence-corrected chi connectivity index (χ2v) is 5.67. The van der Waals surface area contributed by atoms with Crippen molar-refractivity contribution in [2.45, 2.75) is 25.8 Å². The van der Waals surface area contributed by atoms with Gasteiger partial charge in [-0.2, -0.15) is 0 Å². The van der Waals surface area contributed by atoms with Crippen molar-refractivity contribution in [3.05, 3.63) is 65.7 Å². The Morgan fingerprint density at radius 2 is 1.83 bits per heavy atom. The Morgan fingerprint density at radius 3 is 2.57 bits per heavy atom. The second-order valence-electron chi connectivity index (χ2n) is 5.67. The van der Waals surface area contributed by atoms with Crippen LogP contribution in [-0.4, -0.2) is 19.0 Å². The molecule has 1 N–H and O–H groups in total. The molecule has 1 unspecified atom stereocenters. The van der Waals surface area contributed by atoms with Crippen molar-refractivity contribution in [2.24, 2.45) is 0 Å². The molecular formula is C19H23ClN2O. The van der Waals surface area contributed by atoms with E-state index in [2.05, 4.69) is 24.4 Å². The van der Waals surface area contributed by atoms with Gasteiger partial charge in [-0.05, 0) is 23.6 Å². The number of fused-ring (bicyclic) bond motifs is 1. The first-order valence-corrected chi connectivity index (χ1v) is 7.96. The summed E-state index contributed by atoms with van der Waals surface area (Å²) in [5.74, 6) is 0.122. The van der Waals surface area contributed by atoms with Gasteiger partial charge >= 0.3 is 0 Å². The first kappa shape index (κ1) is 17.5. The Kier molecular flexibility index (Phi) is 6.20. The van der Waals surface area contributed by atoms with Crippen LogP contribution < -0.4 is 10.2 Å². The van der Waals surface area contributed by atoms with E-state index in [0.717, 1.165) is 37.3 Å². The molecule has 0 saturated heterocycles. The SMILES string of the molecule is CCC(C(=O)N1CCNCc2ccccc21)c1ccccc1.Cl. The number of benzene rings is 2. The van der Waals surface area contributed by atoms with Gasteiger partial charge in [0.2, 0.25) is 5.91 Å². The summed E-state index contributed by atoms with van der Waals surface area (Å²) < 4.78 is 0. The predicted octanol–water partition coefficient (Wildman–Crippen LogP) is 3.74. The molecule has 0 bridgehead atoms. The zero-order chi connectivity index (χ0) is 15.4. The summed E-state index contributed by atoms with van der Waals surface area (Å²) in [5, 5.41) is 3.39. The number of amides is 1. The molecule has 0 aliphatic carbocycles. The smallest absolute Gasteiger partial charge is 0.234 e. The fourth-order valence-corrected chi connectivity index (χ4v) is 3.11. The lowest BCUT2D eigenvalue weighted by Gasteiger charge is -2.27. The third-order valence-electron chi connectivity index (χ3n) is 4.28. The van der Waals surface area contributed by atoms with E-state index in [1.807, 2.05) is 47.4 Å². The van der Waals surface area contributed by atoms with Crippen molar-refractivity contribution in [3.8, 4) is 0 Å². The number of anilines is 1. The Bertz CT molecular complexity index is 645. The quantitative estimate of drug-likeness (QED) is 0.929. The van der Waals surface area contributed by atoms with E-state index in [0.29, 0.717) is 0 Å². The van der Waals surface area contributed by atoms with Gasteiger partial charge in [0, 0.05) is 25.3 Å². The molecule has 1 aliphatic rings. The van der Waals surface area contributed by atoms with Crippen LogP contribution in [0.3, 0.4) is 0 Å². The van der Waals surface area contributed by atoms with E-state index in [9.17, 15) is 4.79 Å². The predicted molar refractivity (Wildman–Crippen MR) is 97.2 cm³/mol. The van der Waals surface area contributed by atoms with Crippen LogP contribution in [0, 0.1) is 0 Å². The summed E-state index contributed by atoms with van der Waals surface area (Å²) in [6.45, 7) is 4.45. The molecule has 2 aromatic rings. The van der Waals surface area contributed by atoms with Gasteiger partial charge in [-0.3, -0.25) is 4.79 Å². The van der Waals surface area contributed by atoms with Crippen molar-refractivity contribution in [3.63, 3.8) is 0 Å². The number of halogens is 1. The molecule has 0 fully saturated rings. The van der Waals surface area contributed by atoms with E-state index in [4.69, 9.17) is 0 Å². The molecule has 0 saturated carbocycles. The van der Waals surface area contributed by atoms with Gasteiger partial charge in [-0.15, -0.1) is 12.4 Å². The monoisotopic (exact) mass is 330 g/mol. The molecule has 1 atom stereocenters. The van der Waals surface area contributed by atoms with Crippen molar-refractivity contribution in [1.29, 1.82) is 0 Å². The van der Waals surface area contributed by atoms with Crippen LogP contribution in [0.2, 0.25) is 0 Å². The van der Waals surface area contributed by atoms with Crippen LogP contribution in [0.15, 0.2) is 54.6 Å². The highest BCUT2D eigenvalue weighted by molar-refractivity contribution is 5.98. The molecule has 0 radical (unpaired) electrons. The number of nitrogens with one attached hydrogen (secondary N) is 1. The number of hydrogen-bond donors (Lipinski definition) is 1. The van der Waals surface area contributed by atoms with E-state index >= 15 is 0 Å². The maximum Gasteiger partial charge on any atom is 0.234 e. The standard InChI is InChI=1S/C19H22N2O.ClH/c1-2-17(15-8-4-3-5-9-15)19(22)21-13-12-20-14-16-10-6-7-11-18(16)21;/h3-11,17,20H,2,12-14H2,1H3;1H. The van der Waals surface area contributed by atoms with Crippen molar-refractivity contribution in [2.75, 3.05) is 18.0 Å². The van der Waals surface area contributed by atoms with Gasteiger partial charge in [0.05, 0.1) is 5.92 Å². The van der Waals surface area contributed by atoms with E-state index in [1.165, 1.54) is 5.56 Å². The molecule has 0 spiro atoms. The molecule has 23 heavy (non-hydrogen) atoms. The highest BCUT2D eigenvalue weighted by atomic mass is 35.5. The van der Waals surface area contributed by atoms with E-state index in [1.54, 1.807) is 0 Å². The fraction of sp³-hybridized carbons (Fsp3) is 0.316. The molecule has 0 aromatic heterocycles. The maximum atomic E-state index is 13.1. The minimum atomic E-state index is -0.0765. The number of rotatable bonds is 3. The third-order valence-corrected chi connectivity index (χ3v) is 4.28. The lowest BCUT2D eigenvalue weighted by atomic mass is 9.94. The average Bonchev–Trinajstić information content (AvgIpc) is 2.79. The fourth-order valence-electron chi connectivity index (χ4n) is 3.11. The minimum Gasteiger partial charge on any atom is -0.311 e. The van der Waals surface area contributed by atoms with Crippen molar-refractivity contribution < 1.29 is 4.79 Å². The third kappa shape index (κ3) is 3.74. The summed E-state index contributed by atoms with van der Waals surface area (Å²) in [4.78, 5) is 15.1. The largest absolute Gasteiger partial charge is 0.311 e. The van der Waals surface area contributed by atoms with Crippen LogP contribution >= 0.6 is 12.4 Å². The van der Waals surface area contributed by atoms with Crippen LogP contribution in [0.1, 0.15) is 30.4 Å². The molecule has 1 aliphatic heterocycles. The van der Waals surface area contributed by atoms with E-state index < -0.39 is 0 Å². The van der Waals surface area contributed by atoms with E-state index in [-0.39, 0.29) is 24.2 Å². The number of nitrogens with zero attached hydrogens (tertiary/aromatic N) is 1. The Morgan fingerprint density at radius 1 is 1.13 bits per heavy atom. The molecule has 2 aromatic carbocycles. The van der Waals surface area contributed by atoms with Crippen LogP contribution in [0.25, 0.3) is 0 Å². The average molecular weight is 331 g/mol. The van der Waals surface area contributed by atoms with Gasteiger partial charge in [-0.1, -0.05) is 55.5 Å². The molecule has 1 heterocycles. The zero-order valence-corrected chi connectivity index (χ0v) is 14.2. The van der Waals surface area contributed by atoms with Crippen LogP contribution in [0.5, 0.6) is 0 Å². The second kappa shape index (κ2) is 8.14. The van der Waals surface area contributed by atoms with Gasteiger partial charge in [0.25, 0.3) is 0 Å². The summed E-state index contributed by atoms with van der Waals surface area (Å²) in [6, 6.07) is 18.3. The molecule has 122 valence electrons. The summed E-state index contributed by atoms with van der Waals surface area (Å²) in [5.41, 5.74) is 3.34. The summed E-state index contributed by atoms with van der Waals surface area (Å²) in [7, 11) is 0. The Hall–Kier alpha value is -1.84. The van der Waals surface area contributed by atoms with Crippen LogP contribution in [0.4, 0.5) is 5.69 Å². The summed E-state index contributed by atoms with van der Waals surface area (Å²) in [6.07, 6.45) is 0.814. The summed E-state index contributed by atoms with van der Waals surface area (Å²) >= 11 is 0. The molecule has 4 heteroatoms. The molecule has 3 rings (SSSR count). The normalized spacial score (nSPS) is 15.1. The molecular weight excluding hydrogens is 308 g/mol. The first-order chi connectivity index (χ1) is 10.8. The highest BCUT2D eigenvalue weighted by Gasteiger charge is 2.27. The number of carbonyl (C=O) groups excluding carboxylic acids is 1. The topological polar surface area (TPSA) is 32.3 Å². The molecule has 3 nitrogen and oxygen atoms in total. The number of para-hydroxylation sites is 1. The lowest BCUT2D eigenvalue weighted by molar-refractivity contribution is -0.120. The zero-order valence-electron chi connectivity index (χ0n) is 13.4. The van der Waals surface area contributed by atoms with Crippen LogP contribution in [-0.2, 0) is 11.3 Å².